The zero-order valence-electron chi connectivity index (χ0n) is 19.5. The second-order valence-electron chi connectivity index (χ2n) is 8.14. The van der Waals surface area contributed by atoms with Crippen LogP contribution < -0.4 is 10.1 Å². The minimum absolute atomic E-state index is 0.0419. The summed E-state index contributed by atoms with van der Waals surface area (Å²) in [6.45, 7) is 6.01. The molecule has 1 N–H and O–H groups in total. The maximum Gasteiger partial charge on any atom is 0.246 e. The van der Waals surface area contributed by atoms with Gasteiger partial charge in [0.05, 0.1) is 10.7 Å². The van der Waals surface area contributed by atoms with Crippen LogP contribution in [0.1, 0.15) is 22.5 Å². The molecule has 0 unspecified atom stereocenters. The fourth-order valence-corrected chi connectivity index (χ4v) is 4.42. The Kier molecular flexibility index (Phi) is 7.60. The molecule has 4 rings (SSSR count). The van der Waals surface area contributed by atoms with Crippen molar-refractivity contribution in [1.29, 1.82) is 0 Å². The van der Waals surface area contributed by atoms with Crippen LogP contribution in [0.5, 0.6) is 5.75 Å². The fourth-order valence-electron chi connectivity index (χ4n) is 3.65. The molecular formula is C26H24Cl2N4O2S. The Bertz CT molecular complexity index is 1460. The molecule has 0 saturated carbocycles. The van der Waals surface area contributed by atoms with E-state index in [0.717, 1.165) is 28.1 Å². The van der Waals surface area contributed by atoms with Gasteiger partial charge in [-0.05, 0) is 80.0 Å². The van der Waals surface area contributed by atoms with Crippen LogP contribution in [-0.4, -0.2) is 20.3 Å². The number of hydrogen-bond donors (Lipinski definition) is 1. The molecule has 0 bridgehead atoms. The lowest BCUT2D eigenvalue weighted by molar-refractivity contribution is -0.116. The molecule has 0 atom stereocenters. The predicted molar refractivity (Wildman–Crippen MR) is 142 cm³/mol. The minimum atomic E-state index is -0.225. The van der Waals surface area contributed by atoms with Crippen LogP contribution >= 0.6 is 35.4 Å². The number of anilines is 1. The van der Waals surface area contributed by atoms with E-state index in [1.165, 1.54) is 4.68 Å². The SMILES string of the molecule is Cc1ccccc1-n1c(COc2ccc(Cl)cc2Cl)nn(CC(=O)Nc2cccc(C)c2C)c1=S. The number of nitrogens with one attached hydrogen (secondary N) is 1. The molecule has 35 heavy (non-hydrogen) atoms. The van der Waals surface area contributed by atoms with Gasteiger partial charge in [0, 0.05) is 10.7 Å². The lowest BCUT2D eigenvalue weighted by Gasteiger charge is -2.11. The summed E-state index contributed by atoms with van der Waals surface area (Å²) < 4.78 is 9.65. The zero-order chi connectivity index (χ0) is 25.1. The second kappa shape index (κ2) is 10.6. The highest BCUT2D eigenvalue weighted by molar-refractivity contribution is 7.71. The van der Waals surface area contributed by atoms with Gasteiger partial charge in [0.2, 0.25) is 10.7 Å². The van der Waals surface area contributed by atoms with Gasteiger partial charge in [0.25, 0.3) is 0 Å². The number of nitrogens with zero attached hydrogens (tertiary/aromatic N) is 3. The summed E-state index contributed by atoms with van der Waals surface area (Å²) in [6.07, 6.45) is 0. The molecule has 0 radical (unpaired) electrons. The van der Waals surface area contributed by atoms with Gasteiger partial charge in [-0.3, -0.25) is 9.36 Å². The van der Waals surface area contributed by atoms with E-state index in [0.29, 0.717) is 26.4 Å². The predicted octanol–water partition coefficient (Wildman–Crippen LogP) is 6.85. The third kappa shape index (κ3) is 5.59. The molecule has 4 aromatic rings. The lowest BCUT2D eigenvalue weighted by atomic mass is 10.1. The van der Waals surface area contributed by atoms with Gasteiger partial charge in [-0.25, -0.2) is 4.68 Å². The first-order valence-corrected chi connectivity index (χ1v) is 12.1. The molecule has 0 aliphatic carbocycles. The number of ether oxygens (including phenoxy) is 1. The molecule has 9 heteroatoms. The fraction of sp³-hybridized carbons (Fsp3) is 0.192. The Morgan fingerprint density at radius 2 is 1.77 bits per heavy atom. The first kappa shape index (κ1) is 25.0. The second-order valence-corrected chi connectivity index (χ2v) is 9.35. The normalized spacial score (nSPS) is 10.9. The van der Waals surface area contributed by atoms with Crippen LogP contribution in [-0.2, 0) is 17.9 Å². The largest absolute Gasteiger partial charge is 0.484 e. The molecule has 3 aromatic carbocycles. The third-order valence-electron chi connectivity index (χ3n) is 5.69. The van der Waals surface area contributed by atoms with Gasteiger partial charge >= 0.3 is 0 Å². The molecule has 0 spiro atoms. The summed E-state index contributed by atoms with van der Waals surface area (Å²) in [5.74, 6) is 0.785. The topological polar surface area (TPSA) is 61.1 Å². The monoisotopic (exact) mass is 526 g/mol. The highest BCUT2D eigenvalue weighted by Crippen LogP contribution is 2.28. The van der Waals surface area contributed by atoms with Crippen molar-refractivity contribution >= 4 is 47.0 Å². The van der Waals surface area contributed by atoms with Crippen molar-refractivity contribution in [1.82, 2.24) is 14.3 Å². The number of carbonyl (C=O) groups is 1. The van der Waals surface area contributed by atoms with Gasteiger partial charge < -0.3 is 10.1 Å². The van der Waals surface area contributed by atoms with E-state index in [-0.39, 0.29) is 19.1 Å². The number of rotatable bonds is 7. The van der Waals surface area contributed by atoms with Crippen LogP contribution in [0, 0.1) is 25.5 Å². The van der Waals surface area contributed by atoms with Gasteiger partial charge in [-0.2, -0.15) is 5.10 Å². The molecule has 1 heterocycles. The van der Waals surface area contributed by atoms with E-state index in [9.17, 15) is 4.79 Å². The van der Waals surface area contributed by atoms with Crippen molar-refractivity contribution in [3.8, 4) is 11.4 Å². The van der Waals surface area contributed by atoms with Crippen molar-refractivity contribution in [2.24, 2.45) is 0 Å². The molecule has 1 amide bonds. The number of aryl methyl sites for hydroxylation is 2. The van der Waals surface area contributed by atoms with Gasteiger partial charge in [0.15, 0.2) is 5.82 Å². The molecule has 180 valence electrons. The number of benzene rings is 3. The summed E-state index contributed by atoms with van der Waals surface area (Å²) in [7, 11) is 0. The standard InChI is InChI=1S/C26H24Cl2N4O2S/c1-16-8-6-9-21(18(16)3)29-25(33)14-31-26(35)32(22-10-5-4-7-17(22)2)24(30-31)15-34-23-12-11-19(27)13-20(23)28/h4-13H,14-15H2,1-3H3,(H,29,33). The quantitative estimate of drug-likeness (QED) is 0.267. The molecule has 0 saturated heterocycles. The van der Waals surface area contributed by atoms with Crippen molar-refractivity contribution in [3.63, 3.8) is 0 Å². The van der Waals surface area contributed by atoms with Crippen LogP contribution in [0.3, 0.4) is 0 Å². The summed E-state index contributed by atoms with van der Waals surface area (Å²) in [6, 6.07) is 18.6. The number of amides is 1. The van der Waals surface area contributed by atoms with E-state index in [4.69, 9.17) is 40.2 Å². The number of hydrogen-bond acceptors (Lipinski definition) is 4. The first-order valence-electron chi connectivity index (χ1n) is 10.9. The lowest BCUT2D eigenvalue weighted by Crippen LogP contribution is -2.20. The Morgan fingerprint density at radius 3 is 2.51 bits per heavy atom. The first-order chi connectivity index (χ1) is 16.7. The van der Waals surface area contributed by atoms with Crippen molar-refractivity contribution in [2.75, 3.05) is 5.32 Å². The Balaban J connectivity index is 1.65. The van der Waals surface area contributed by atoms with E-state index < -0.39 is 0 Å². The third-order valence-corrected chi connectivity index (χ3v) is 6.61. The smallest absolute Gasteiger partial charge is 0.246 e. The average Bonchev–Trinajstić information content (AvgIpc) is 3.11. The van der Waals surface area contributed by atoms with Crippen LogP contribution in [0.4, 0.5) is 5.69 Å². The average molecular weight is 527 g/mol. The Labute approximate surface area is 219 Å². The summed E-state index contributed by atoms with van der Waals surface area (Å²) >= 11 is 18.0. The summed E-state index contributed by atoms with van der Waals surface area (Å²) in [5.41, 5.74) is 4.75. The number of para-hydroxylation sites is 1. The van der Waals surface area contributed by atoms with Crippen molar-refractivity contribution < 1.29 is 9.53 Å². The summed E-state index contributed by atoms with van der Waals surface area (Å²) in [4.78, 5) is 12.9. The van der Waals surface area contributed by atoms with E-state index in [1.54, 1.807) is 18.2 Å². The zero-order valence-corrected chi connectivity index (χ0v) is 21.8. The van der Waals surface area contributed by atoms with Gasteiger partial charge in [-0.1, -0.05) is 53.5 Å². The summed E-state index contributed by atoms with van der Waals surface area (Å²) in [5, 5.41) is 8.50. The van der Waals surface area contributed by atoms with Crippen LogP contribution in [0.15, 0.2) is 60.7 Å². The molecule has 6 nitrogen and oxygen atoms in total. The maximum atomic E-state index is 12.9. The molecule has 1 aromatic heterocycles. The van der Waals surface area contributed by atoms with Crippen LogP contribution in [0.25, 0.3) is 5.69 Å². The van der Waals surface area contributed by atoms with Crippen LogP contribution in [0.2, 0.25) is 10.0 Å². The maximum absolute atomic E-state index is 12.9. The van der Waals surface area contributed by atoms with Crippen molar-refractivity contribution in [3.05, 3.63) is 98.0 Å². The molecule has 0 aliphatic heterocycles. The number of halogens is 2. The highest BCUT2D eigenvalue weighted by atomic mass is 35.5. The van der Waals surface area contributed by atoms with Gasteiger partial charge in [-0.15, -0.1) is 0 Å². The number of aromatic nitrogens is 3. The number of carbonyl (C=O) groups excluding carboxylic acids is 1. The van der Waals surface area contributed by atoms with E-state index in [1.807, 2.05) is 67.8 Å². The Hall–Kier alpha value is -3.13. The van der Waals surface area contributed by atoms with E-state index >= 15 is 0 Å². The molecule has 0 fully saturated rings. The Morgan fingerprint density at radius 1 is 1.03 bits per heavy atom. The highest BCUT2D eigenvalue weighted by Gasteiger charge is 2.18. The minimum Gasteiger partial charge on any atom is -0.484 e. The molecule has 0 aliphatic rings. The van der Waals surface area contributed by atoms with Crippen molar-refractivity contribution in [2.45, 2.75) is 33.9 Å². The van der Waals surface area contributed by atoms with Gasteiger partial charge in [0.1, 0.15) is 18.9 Å². The molecular weight excluding hydrogens is 503 g/mol. The van der Waals surface area contributed by atoms with E-state index in [2.05, 4.69) is 10.4 Å².